The molecule has 0 radical (unpaired) electrons. The van der Waals surface area contributed by atoms with Crippen LogP contribution in [0.5, 0.6) is 0 Å². The molecule has 0 spiro atoms. The predicted octanol–water partition coefficient (Wildman–Crippen LogP) is 0.537. The fourth-order valence-electron chi connectivity index (χ4n) is 2.45. The van der Waals surface area contributed by atoms with Crippen LogP contribution in [0.15, 0.2) is 0 Å². The van der Waals surface area contributed by atoms with Gasteiger partial charge in [0.2, 0.25) is 0 Å². The summed E-state index contributed by atoms with van der Waals surface area (Å²) in [4.78, 5) is 12.1. The summed E-state index contributed by atoms with van der Waals surface area (Å²) in [7, 11) is 1.80. The number of carbonyl (C=O) groups excluding carboxylic acids is 1. The lowest BCUT2D eigenvalue weighted by atomic mass is 9.81. The number of hydrogen-bond donors (Lipinski definition) is 3. The van der Waals surface area contributed by atoms with E-state index in [1.165, 1.54) is 0 Å². The van der Waals surface area contributed by atoms with Gasteiger partial charge in [0.1, 0.15) is 5.54 Å². The second-order valence-electron chi connectivity index (χ2n) is 4.94. The first-order valence-corrected chi connectivity index (χ1v) is 7.89. The maximum atomic E-state index is 12.1. The molecule has 3 unspecified atom stereocenters. The third-order valence-electron chi connectivity index (χ3n) is 3.59. The van der Waals surface area contributed by atoms with E-state index in [0.717, 1.165) is 19.3 Å². The third kappa shape index (κ3) is 4.63. The molecule has 1 aliphatic carbocycles. The van der Waals surface area contributed by atoms with Crippen LogP contribution < -0.4 is 5.32 Å². The zero-order chi connectivity index (χ0) is 14.3. The molecular formula is C13H25NO4S. The van der Waals surface area contributed by atoms with Crippen molar-refractivity contribution in [1.82, 2.24) is 5.32 Å². The summed E-state index contributed by atoms with van der Waals surface area (Å²) in [6.07, 6.45) is 2.82. The quantitative estimate of drug-likeness (QED) is 0.594. The van der Waals surface area contributed by atoms with E-state index < -0.39 is 11.6 Å². The van der Waals surface area contributed by atoms with Gasteiger partial charge in [-0.15, -0.1) is 0 Å². The number of esters is 1. The van der Waals surface area contributed by atoms with Crippen molar-refractivity contribution in [2.45, 2.75) is 49.5 Å². The van der Waals surface area contributed by atoms with Crippen LogP contribution in [-0.2, 0) is 9.53 Å². The Kier molecular flexibility index (Phi) is 7.13. The molecule has 1 aliphatic rings. The smallest absolute Gasteiger partial charge is 0.326 e. The summed E-state index contributed by atoms with van der Waals surface area (Å²) < 4.78 is 5.17. The zero-order valence-electron chi connectivity index (χ0n) is 11.7. The van der Waals surface area contributed by atoms with Crippen molar-refractivity contribution in [2.75, 3.05) is 26.0 Å². The van der Waals surface area contributed by atoms with Crippen molar-refractivity contribution in [3.63, 3.8) is 0 Å². The fourth-order valence-corrected chi connectivity index (χ4v) is 3.79. The van der Waals surface area contributed by atoms with Gasteiger partial charge >= 0.3 is 5.97 Å². The van der Waals surface area contributed by atoms with Crippen LogP contribution in [0.4, 0.5) is 0 Å². The molecule has 3 atom stereocenters. The highest BCUT2D eigenvalue weighted by atomic mass is 32.2. The largest absolute Gasteiger partial charge is 0.465 e. The van der Waals surface area contributed by atoms with E-state index in [0.29, 0.717) is 24.0 Å². The van der Waals surface area contributed by atoms with Crippen LogP contribution in [0.2, 0.25) is 0 Å². The fraction of sp³-hybridized carbons (Fsp3) is 0.923. The molecule has 5 nitrogen and oxygen atoms in total. The van der Waals surface area contributed by atoms with Gasteiger partial charge in [0, 0.05) is 11.0 Å². The van der Waals surface area contributed by atoms with Crippen LogP contribution in [-0.4, -0.2) is 59.1 Å². The van der Waals surface area contributed by atoms with Crippen LogP contribution in [0, 0.1) is 0 Å². The minimum Gasteiger partial charge on any atom is -0.465 e. The first-order chi connectivity index (χ1) is 9.07. The summed E-state index contributed by atoms with van der Waals surface area (Å²) in [6.45, 7) is 1.99. The number of carbonyl (C=O) groups is 1. The molecule has 0 bridgehead atoms. The molecule has 19 heavy (non-hydrogen) atoms. The molecule has 3 N–H and O–H groups in total. The van der Waals surface area contributed by atoms with E-state index in [1.54, 1.807) is 18.8 Å². The lowest BCUT2D eigenvalue weighted by Gasteiger charge is -2.38. The Morgan fingerprint density at radius 3 is 2.95 bits per heavy atom. The summed E-state index contributed by atoms with van der Waals surface area (Å²) in [5, 5.41) is 21.7. The summed E-state index contributed by atoms with van der Waals surface area (Å²) >= 11 is 1.63. The number of hydrogen-bond acceptors (Lipinski definition) is 6. The van der Waals surface area contributed by atoms with E-state index in [4.69, 9.17) is 9.84 Å². The number of thioether (sulfide) groups is 1. The second kappa shape index (κ2) is 8.09. The first-order valence-electron chi connectivity index (χ1n) is 6.84. The number of rotatable bonds is 7. The van der Waals surface area contributed by atoms with Crippen LogP contribution in [0.1, 0.15) is 32.6 Å². The van der Waals surface area contributed by atoms with Gasteiger partial charge in [-0.3, -0.25) is 4.79 Å². The predicted molar refractivity (Wildman–Crippen MR) is 76.2 cm³/mol. The normalized spacial score (nSPS) is 28.9. The number of aliphatic hydroxyl groups is 2. The summed E-state index contributed by atoms with van der Waals surface area (Å²) in [6, 6.07) is 0. The van der Waals surface area contributed by atoms with Gasteiger partial charge in [-0.2, -0.15) is 11.8 Å². The Balaban J connectivity index is 2.57. The van der Waals surface area contributed by atoms with Crippen molar-refractivity contribution in [3.05, 3.63) is 0 Å². The van der Waals surface area contributed by atoms with Crippen molar-refractivity contribution in [1.29, 1.82) is 0 Å². The molecule has 0 heterocycles. The van der Waals surface area contributed by atoms with E-state index >= 15 is 0 Å². The van der Waals surface area contributed by atoms with Crippen LogP contribution in [0.25, 0.3) is 0 Å². The average Bonchev–Trinajstić information content (AvgIpc) is 2.45. The van der Waals surface area contributed by atoms with Crippen LogP contribution >= 0.6 is 11.8 Å². The maximum absolute atomic E-state index is 12.1. The molecule has 1 fully saturated rings. The van der Waals surface area contributed by atoms with Gasteiger partial charge in [0.15, 0.2) is 0 Å². The average molecular weight is 291 g/mol. The van der Waals surface area contributed by atoms with E-state index in [2.05, 4.69) is 5.32 Å². The highest BCUT2D eigenvalue weighted by molar-refractivity contribution is 7.99. The molecule has 0 aromatic carbocycles. The van der Waals surface area contributed by atoms with E-state index in [1.807, 2.05) is 6.92 Å². The lowest BCUT2D eigenvalue weighted by molar-refractivity contribution is -0.152. The first kappa shape index (κ1) is 16.8. The zero-order valence-corrected chi connectivity index (χ0v) is 12.5. The van der Waals surface area contributed by atoms with Crippen molar-refractivity contribution < 1.29 is 19.7 Å². The molecule has 1 saturated carbocycles. The standard InChI is InChI=1S/C13H25NO4S/c1-3-18-12(17)13(14-2)6-4-5-11(7-13)19-9-10(16)8-15/h10-11,14-16H,3-9H2,1-2H3. The number of ether oxygens (including phenoxy) is 1. The Morgan fingerprint density at radius 1 is 1.63 bits per heavy atom. The molecule has 6 heteroatoms. The van der Waals surface area contributed by atoms with Gasteiger partial charge < -0.3 is 20.3 Å². The SMILES string of the molecule is CCOC(=O)C1(NC)CCCC(SCC(O)CO)C1. The van der Waals surface area contributed by atoms with Crippen LogP contribution in [0.3, 0.4) is 0 Å². The lowest BCUT2D eigenvalue weighted by Crippen LogP contribution is -2.54. The van der Waals surface area contributed by atoms with Crippen molar-refractivity contribution >= 4 is 17.7 Å². The monoisotopic (exact) mass is 291 g/mol. The number of nitrogens with one attached hydrogen (secondary N) is 1. The Labute approximate surface area is 119 Å². The molecule has 0 amide bonds. The number of aliphatic hydroxyl groups excluding tert-OH is 2. The molecule has 1 rings (SSSR count). The Morgan fingerprint density at radius 2 is 2.37 bits per heavy atom. The third-order valence-corrected chi connectivity index (χ3v) is 5.04. The van der Waals surface area contributed by atoms with Crippen molar-refractivity contribution in [2.24, 2.45) is 0 Å². The van der Waals surface area contributed by atoms with Crippen molar-refractivity contribution in [3.8, 4) is 0 Å². The minimum atomic E-state index is -0.682. The molecule has 0 aromatic heterocycles. The van der Waals surface area contributed by atoms with Gasteiger partial charge in [0.05, 0.1) is 19.3 Å². The Bertz CT molecular complexity index is 290. The Hall–Kier alpha value is -0.300. The number of likely N-dealkylation sites (N-methyl/N-ethyl adjacent to an activating group) is 1. The molecule has 0 saturated heterocycles. The van der Waals surface area contributed by atoms with Gasteiger partial charge in [-0.25, -0.2) is 0 Å². The molecule has 112 valence electrons. The highest BCUT2D eigenvalue weighted by Crippen LogP contribution is 2.36. The molecule has 0 aromatic rings. The second-order valence-corrected chi connectivity index (χ2v) is 6.27. The summed E-state index contributed by atoms with van der Waals surface area (Å²) in [5.74, 6) is 0.328. The maximum Gasteiger partial charge on any atom is 0.326 e. The minimum absolute atomic E-state index is 0.175. The van der Waals surface area contributed by atoms with Gasteiger partial charge in [0.25, 0.3) is 0 Å². The molecule has 0 aliphatic heterocycles. The van der Waals surface area contributed by atoms with E-state index in [9.17, 15) is 9.90 Å². The summed E-state index contributed by atoms with van der Waals surface area (Å²) in [5.41, 5.74) is -0.587. The van der Waals surface area contributed by atoms with E-state index in [-0.39, 0.29) is 12.6 Å². The van der Waals surface area contributed by atoms with Gasteiger partial charge in [-0.05, 0) is 39.7 Å². The molecular weight excluding hydrogens is 266 g/mol. The highest BCUT2D eigenvalue weighted by Gasteiger charge is 2.42. The van der Waals surface area contributed by atoms with Gasteiger partial charge in [-0.1, -0.05) is 0 Å². The topological polar surface area (TPSA) is 78.8 Å².